The highest BCUT2D eigenvalue weighted by Gasteiger charge is 2.41. The van der Waals surface area contributed by atoms with E-state index in [-0.39, 0.29) is 36.3 Å². The van der Waals surface area contributed by atoms with E-state index in [0.29, 0.717) is 11.9 Å². The zero-order valence-electron chi connectivity index (χ0n) is 13.6. The van der Waals surface area contributed by atoms with Gasteiger partial charge in [0.25, 0.3) is 0 Å². The van der Waals surface area contributed by atoms with Crippen LogP contribution < -0.4 is 5.73 Å². The van der Waals surface area contributed by atoms with Crippen molar-refractivity contribution in [1.29, 1.82) is 0 Å². The predicted octanol–water partition coefficient (Wildman–Crippen LogP) is 2.43. The topological polar surface area (TPSA) is 49.6 Å². The van der Waals surface area contributed by atoms with Gasteiger partial charge >= 0.3 is 0 Å². The maximum Gasteiger partial charge on any atom is 0.227 e. The third kappa shape index (κ3) is 4.08. The molecule has 0 aromatic heterocycles. The van der Waals surface area contributed by atoms with Crippen molar-refractivity contribution >= 4 is 30.7 Å². The van der Waals surface area contributed by atoms with Gasteiger partial charge in [0.2, 0.25) is 5.91 Å². The fraction of sp³-hybridized carbons (Fsp3) is 0.938. The second-order valence-electron chi connectivity index (χ2n) is 7.27. The molecule has 1 amide bonds. The molecule has 0 bridgehead atoms. The van der Waals surface area contributed by atoms with Crippen LogP contribution in [0.4, 0.5) is 0 Å². The number of piperidine rings is 1. The Hall–Kier alpha value is -0.0300. The smallest absolute Gasteiger partial charge is 0.227 e. The van der Waals surface area contributed by atoms with Gasteiger partial charge in [0.1, 0.15) is 0 Å². The molecule has 3 atom stereocenters. The summed E-state index contributed by atoms with van der Waals surface area (Å²) in [7, 11) is 0. The highest BCUT2D eigenvalue weighted by atomic mass is 35.5. The zero-order valence-corrected chi connectivity index (χ0v) is 15.3. The van der Waals surface area contributed by atoms with E-state index in [4.69, 9.17) is 5.73 Å². The summed E-state index contributed by atoms with van der Waals surface area (Å²) in [4.78, 5) is 17.6. The molecule has 2 aliphatic heterocycles. The second-order valence-corrected chi connectivity index (χ2v) is 7.27. The van der Waals surface area contributed by atoms with Crippen LogP contribution >= 0.6 is 24.8 Å². The molecule has 3 rings (SSSR count). The molecule has 2 saturated heterocycles. The van der Waals surface area contributed by atoms with Crippen LogP contribution in [0.1, 0.15) is 51.9 Å². The second kappa shape index (κ2) is 8.18. The summed E-state index contributed by atoms with van der Waals surface area (Å²) >= 11 is 0. The average Bonchev–Trinajstić information content (AvgIpc) is 2.45. The van der Waals surface area contributed by atoms with Gasteiger partial charge in [-0.05, 0) is 39.2 Å². The maximum atomic E-state index is 12.9. The van der Waals surface area contributed by atoms with Gasteiger partial charge in [-0.3, -0.25) is 9.69 Å². The van der Waals surface area contributed by atoms with E-state index in [1.807, 2.05) is 0 Å². The van der Waals surface area contributed by atoms with Crippen molar-refractivity contribution in [2.75, 3.05) is 26.2 Å². The molecule has 1 saturated carbocycles. The molecule has 3 aliphatic rings. The van der Waals surface area contributed by atoms with E-state index < -0.39 is 0 Å². The van der Waals surface area contributed by atoms with E-state index in [9.17, 15) is 4.79 Å². The lowest BCUT2D eigenvalue weighted by atomic mass is 9.74. The highest BCUT2D eigenvalue weighted by Crippen LogP contribution is 2.33. The van der Waals surface area contributed by atoms with Gasteiger partial charge in [0.05, 0.1) is 5.92 Å². The summed E-state index contributed by atoms with van der Waals surface area (Å²) in [6.07, 6.45) is 8.22. The molecule has 4 nitrogen and oxygen atoms in total. The zero-order chi connectivity index (χ0) is 14.2. The minimum atomic E-state index is -0.293. The van der Waals surface area contributed by atoms with Gasteiger partial charge in [-0.15, -0.1) is 24.8 Å². The van der Waals surface area contributed by atoms with Crippen LogP contribution in [0.15, 0.2) is 0 Å². The first-order valence-corrected chi connectivity index (χ1v) is 8.40. The molecular formula is C16H31Cl2N3O. The molecule has 130 valence electrons. The normalized spacial score (nSPS) is 35.8. The molecular weight excluding hydrogens is 321 g/mol. The fourth-order valence-corrected chi connectivity index (χ4v) is 4.34. The molecule has 2 N–H and O–H groups in total. The maximum absolute atomic E-state index is 12.9. The number of carbonyl (C=O) groups is 1. The summed E-state index contributed by atoms with van der Waals surface area (Å²) in [5, 5.41) is 0. The molecule has 0 aromatic carbocycles. The number of amides is 1. The largest absolute Gasteiger partial charge is 0.340 e. The summed E-state index contributed by atoms with van der Waals surface area (Å²) in [5.41, 5.74) is 6.11. The summed E-state index contributed by atoms with van der Waals surface area (Å²) in [6.45, 7) is 6.20. The molecule has 2 heterocycles. The van der Waals surface area contributed by atoms with Crippen LogP contribution in [-0.2, 0) is 4.79 Å². The van der Waals surface area contributed by atoms with Crippen molar-refractivity contribution in [2.45, 2.75) is 63.5 Å². The quantitative estimate of drug-likeness (QED) is 0.789. The number of carbonyl (C=O) groups excluding carboxylic acids is 1. The Morgan fingerprint density at radius 2 is 1.77 bits per heavy atom. The van der Waals surface area contributed by atoms with Gasteiger partial charge < -0.3 is 10.6 Å². The van der Waals surface area contributed by atoms with Gasteiger partial charge in [0.15, 0.2) is 0 Å². The van der Waals surface area contributed by atoms with Crippen molar-refractivity contribution in [2.24, 2.45) is 11.7 Å². The van der Waals surface area contributed by atoms with Crippen molar-refractivity contribution in [3.63, 3.8) is 0 Å². The van der Waals surface area contributed by atoms with Crippen molar-refractivity contribution in [1.82, 2.24) is 9.80 Å². The van der Waals surface area contributed by atoms with E-state index in [1.54, 1.807) is 0 Å². The Balaban J connectivity index is 0.00000121. The van der Waals surface area contributed by atoms with Crippen LogP contribution in [0, 0.1) is 5.92 Å². The Morgan fingerprint density at radius 1 is 1.05 bits per heavy atom. The summed E-state index contributed by atoms with van der Waals surface area (Å²) in [6, 6.07) is 0.606. The Bertz CT molecular complexity index is 378. The molecule has 0 aromatic rings. The van der Waals surface area contributed by atoms with Crippen molar-refractivity contribution in [3.8, 4) is 0 Å². The predicted molar refractivity (Wildman–Crippen MR) is 94.8 cm³/mol. The van der Waals surface area contributed by atoms with Gasteiger partial charge in [-0.25, -0.2) is 0 Å². The number of halogens is 2. The molecule has 0 radical (unpaired) electrons. The third-order valence-corrected chi connectivity index (χ3v) is 5.70. The van der Waals surface area contributed by atoms with Crippen molar-refractivity contribution < 1.29 is 4.79 Å². The minimum absolute atomic E-state index is 0. The van der Waals surface area contributed by atoms with Crippen LogP contribution in [0.3, 0.4) is 0 Å². The monoisotopic (exact) mass is 351 g/mol. The molecule has 0 spiro atoms. The Kier molecular flexibility index (Phi) is 7.44. The number of piperazine rings is 1. The van der Waals surface area contributed by atoms with Gasteiger partial charge in [-0.1, -0.05) is 19.3 Å². The number of nitrogens with zero attached hydrogens (tertiary/aromatic N) is 2. The number of nitrogens with two attached hydrogens (primary N) is 1. The number of hydrogen-bond acceptors (Lipinski definition) is 3. The molecule has 6 heteroatoms. The van der Waals surface area contributed by atoms with Crippen LogP contribution in [0.5, 0.6) is 0 Å². The molecule has 1 aliphatic carbocycles. The third-order valence-electron chi connectivity index (χ3n) is 5.70. The average molecular weight is 352 g/mol. The Morgan fingerprint density at radius 3 is 2.50 bits per heavy atom. The van der Waals surface area contributed by atoms with Gasteiger partial charge in [0, 0.05) is 31.2 Å². The number of rotatable bonds is 1. The Labute approximate surface area is 147 Å². The summed E-state index contributed by atoms with van der Waals surface area (Å²) < 4.78 is 0. The molecule has 3 fully saturated rings. The van der Waals surface area contributed by atoms with E-state index in [2.05, 4.69) is 16.7 Å². The van der Waals surface area contributed by atoms with E-state index in [0.717, 1.165) is 38.9 Å². The SMILES string of the molecule is CC1(N)CCCCC1C(=O)N1CCN2CCCCC2C1.Cl.Cl. The lowest BCUT2D eigenvalue weighted by Gasteiger charge is -2.47. The van der Waals surface area contributed by atoms with E-state index >= 15 is 0 Å². The standard InChI is InChI=1S/C16H29N3O.2ClH/c1-16(17)8-4-2-7-14(16)15(20)19-11-10-18-9-5-3-6-13(18)12-19;;/h13-14H,2-12,17H2,1H3;2*1H. The van der Waals surface area contributed by atoms with Crippen LogP contribution in [0.25, 0.3) is 0 Å². The van der Waals surface area contributed by atoms with Crippen molar-refractivity contribution in [3.05, 3.63) is 0 Å². The lowest BCUT2D eigenvalue weighted by molar-refractivity contribution is -0.142. The lowest BCUT2D eigenvalue weighted by Crippen LogP contribution is -2.60. The van der Waals surface area contributed by atoms with Gasteiger partial charge in [-0.2, -0.15) is 0 Å². The van der Waals surface area contributed by atoms with Crippen LogP contribution in [0.2, 0.25) is 0 Å². The number of fused-ring (bicyclic) bond motifs is 1. The first-order valence-electron chi connectivity index (χ1n) is 8.40. The van der Waals surface area contributed by atoms with Crippen LogP contribution in [-0.4, -0.2) is 53.5 Å². The fourth-order valence-electron chi connectivity index (χ4n) is 4.34. The first-order chi connectivity index (χ1) is 9.58. The first kappa shape index (κ1) is 20.0. The number of hydrogen-bond donors (Lipinski definition) is 1. The summed E-state index contributed by atoms with van der Waals surface area (Å²) in [5.74, 6) is 0.381. The molecule has 22 heavy (non-hydrogen) atoms. The van der Waals surface area contributed by atoms with E-state index in [1.165, 1.54) is 32.2 Å². The minimum Gasteiger partial charge on any atom is -0.340 e. The highest BCUT2D eigenvalue weighted by molar-refractivity contribution is 5.85. The molecule has 3 unspecified atom stereocenters.